The van der Waals surface area contributed by atoms with Crippen LogP contribution in [0.2, 0.25) is 0 Å². The molecule has 2 rings (SSSR count). The number of alkyl halides is 3. The molecule has 6 nitrogen and oxygen atoms in total. The molecule has 0 aliphatic heterocycles. The lowest BCUT2D eigenvalue weighted by Crippen LogP contribution is -2.24. The van der Waals surface area contributed by atoms with Crippen molar-refractivity contribution in [3.63, 3.8) is 0 Å². The van der Waals surface area contributed by atoms with Crippen LogP contribution in [0.5, 0.6) is 11.5 Å². The molecule has 0 saturated heterocycles. The summed E-state index contributed by atoms with van der Waals surface area (Å²) in [7, 11) is 1.63. The first-order chi connectivity index (χ1) is 13.8. The summed E-state index contributed by atoms with van der Waals surface area (Å²) in [6.45, 7) is 3.23. The quantitative estimate of drug-likeness (QED) is 0.206. The van der Waals surface area contributed by atoms with Gasteiger partial charge >= 0.3 is 6.36 Å². The molecule has 2 aromatic carbocycles. The second-order valence-electron chi connectivity index (χ2n) is 6.18. The first kappa shape index (κ1) is 25.8. The fourth-order valence-corrected chi connectivity index (χ4v) is 2.44. The number of nitrogens with two attached hydrogens (primary N) is 1. The van der Waals surface area contributed by atoms with Gasteiger partial charge in [0.25, 0.3) is 0 Å². The van der Waals surface area contributed by atoms with E-state index in [9.17, 15) is 13.2 Å². The maximum absolute atomic E-state index is 12.5. The molecule has 3 N–H and O–H groups in total. The smallest absolute Gasteiger partial charge is 0.493 e. The number of nitrogens with zero attached hydrogens (tertiary/aromatic N) is 1. The Morgan fingerprint density at radius 2 is 1.83 bits per heavy atom. The summed E-state index contributed by atoms with van der Waals surface area (Å²) in [5, 5.41) is 2.64. The van der Waals surface area contributed by atoms with Crippen LogP contribution in [0, 0.1) is 6.92 Å². The molecular formula is C20H25F3IN3O3. The zero-order valence-electron chi connectivity index (χ0n) is 16.7. The van der Waals surface area contributed by atoms with Gasteiger partial charge in [0.2, 0.25) is 0 Å². The number of ether oxygens (including phenoxy) is 3. The zero-order valence-corrected chi connectivity index (χ0v) is 19.0. The molecule has 0 saturated carbocycles. The van der Waals surface area contributed by atoms with Gasteiger partial charge in [-0.05, 0) is 30.7 Å². The molecule has 0 aromatic heterocycles. The summed E-state index contributed by atoms with van der Waals surface area (Å²) in [5.74, 6) is 0.239. The molecule has 0 fully saturated rings. The Morgan fingerprint density at radius 1 is 1.10 bits per heavy atom. The van der Waals surface area contributed by atoms with E-state index in [1.165, 1.54) is 18.2 Å². The molecule has 0 bridgehead atoms. The third-order valence-electron chi connectivity index (χ3n) is 3.77. The Labute approximate surface area is 190 Å². The molecular weight excluding hydrogens is 514 g/mol. The zero-order chi connectivity index (χ0) is 21.3. The van der Waals surface area contributed by atoms with E-state index in [0.29, 0.717) is 19.0 Å². The highest BCUT2D eigenvalue weighted by atomic mass is 127. The molecule has 0 aliphatic rings. The van der Waals surface area contributed by atoms with Gasteiger partial charge in [-0.15, -0.1) is 37.1 Å². The van der Waals surface area contributed by atoms with Crippen LogP contribution in [-0.4, -0.2) is 32.6 Å². The highest BCUT2D eigenvalue weighted by Crippen LogP contribution is 2.29. The number of aryl methyl sites for hydroxylation is 1. The standard InChI is InChI=1S/C20H24F3N3O3.HI/c1-14-8-9-15(18(12-14)28-11-5-10-27-2)13-25-19(24)26-16-6-3-4-7-17(16)29-20(21,22)23;/h3-4,6-9,12H,5,10-11,13H2,1-2H3,(H3,24,25,26);1H. The van der Waals surface area contributed by atoms with Crippen LogP contribution in [0.4, 0.5) is 18.9 Å². The molecule has 0 heterocycles. The first-order valence-corrected chi connectivity index (χ1v) is 8.91. The van der Waals surface area contributed by atoms with Crippen LogP contribution in [0.1, 0.15) is 17.5 Å². The van der Waals surface area contributed by atoms with Crippen molar-refractivity contribution in [3.05, 3.63) is 53.6 Å². The van der Waals surface area contributed by atoms with Crippen LogP contribution in [0.3, 0.4) is 0 Å². The molecule has 0 amide bonds. The number of nitrogens with one attached hydrogen (secondary N) is 1. The average Bonchev–Trinajstić information content (AvgIpc) is 2.65. The van der Waals surface area contributed by atoms with Gasteiger partial charge in [0.15, 0.2) is 11.7 Å². The summed E-state index contributed by atoms with van der Waals surface area (Å²) >= 11 is 0. The van der Waals surface area contributed by atoms with E-state index in [-0.39, 0.29) is 42.2 Å². The lowest BCUT2D eigenvalue weighted by molar-refractivity contribution is -0.274. The summed E-state index contributed by atoms with van der Waals surface area (Å²) in [6, 6.07) is 11.3. The third-order valence-corrected chi connectivity index (χ3v) is 3.77. The molecule has 0 spiro atoms. The van der Waals surface area contributed by atoms with Crippen molar-refractivity contribution in [2.75, 3.05) is 25.6 Å². The average molecular weight is 539 g/mol. The summed E-state index contributed by atoms with van der Waals surface area (Å²) in [6.07, 6.45) is -4.06. The topological polar surface area (TPSA) is 78.1 Å². The first-order valence-electron chi connectivity index (χ1n) is 8.91. The highest BCUT2D eigenvalue weighted by Gasteiger charge is 2.32. The van der Waals surface area contributed by atoms with Gasteiger partial charge in [-0.25, -0.2) is 4.99 Å². The van der Waals surface area contributed by atoms with Gasteiger partial charge in [-0.3, -0.25) is 0 Å². The van der Waals surface area contributed by atoms with Gasteiger partial charge in [-0.1, -0.05) is 24.3 Å². The second-order valence-corrected chi connectivity index (χ2v) is 6.18. The minimum Gasteiger partial charge on any atom is -0.493 e. The molecule has 10 heteroatoms. The maximum Gasteiger partial charge on any atom is 0.573 e. The summed E-state index contributed by atoms with van der Waals surface area (Å²) < 4.78 is 52.3. The number of benzene rings is 2. The van der Waals surface area contributed by atoms with Gasteiger partial charge in [0.05, 0.1) is 18.8 Å². The molecule has 2 aromatic rings. The largest absolute Gasteiger partial charge is 0.573 e. The molecule has 30 heavy (non-hydrogen) atoms. The van der Waals surface area contributed by atoms with Crippen molar-refractivity contribution in [3.8, 4) is 11.5 Å². The number of hydrogen-bond acceptors (Lipinski definition) is 4. The van der Waals surface area contributed by atoms with Crippen LogP contribution < -0.4 is 20.5 Å². The van der Waals surface area contributed by atoms with Crippen LogP contribution in [0.15, 0.2) is 47.5 Å². The fourth-order valence-electron chi connectivity index (χ4n) is 2.44. The van der Waals surface area contributed by atoms with Crippen molar-refractivity contribution in [2.45, 2.75) is 26.3 Å². The van der Waals surface area contributed by atoms with Crippen molar-refractivity contribution >= 4 is 35.6 Å². The monoisotopic (exact) mass is 539 g/mol. The van der Waals surface area contributed by atoms with E-state index >= 15 is 0 Å². The number of aliphatic imine (C=N–C) groups is 1. The van der Waals surface area contributed by atoms with E-state index in [2.05, 4.69) is 15.0 Å². The van der Waals surface area contributed by atoms with Crippen molar-refractivity contribution in [1.29, 1.82) is 0 Å². The van der Waals surface area contributed by atoms with E-state index in [1.807, 2.05) is 25.1 Å². The van der Waals surface area contributed by atoms with Gasteiger partial charge < -0.3 is 25.3 Å². The number of para-hydroxylation sites is 2. The molecule has 0 radical (unpaired) electrons. The minimum absolute atomic E-state index is 0. The summed E-state index contributed by atoms with van der Waals surface area (Å²) in [5.41, 5.74) is 7.75. The predicted octanol–water partition coefficient (Wildman–Crippen LogP) is 4.85. The van der Waals surface area contributed by atoms with Crippen molar-refractivity contribution < 1.29 is 27.4 Å². The Bertz CT molecular complexity index is 832. The van der Waals surface area contributed by atoms with Crippen LogP contribution in [0.25, 0.3) is 0 Å². The lowest BCUT2D eigenvalue weighted by Gasteiger charge is -2.14. The normalized spacial score (nSPS) is 11.6. The van der Waals surface area contributed by atoms with E-state index < -0.39 is 12.1 Å². The third kappa shape index (κ3) is 9.08. The Kier molecular flexibility index (Phi) is 10.7. The second kappa shape index (κ2) is 12.5. The number of hydrogen-bond donors (Lipinski definition) is 2. The molecule has 166 valence electrons. The van der Waals surface area contributed by atoms with Gasteiger partial charge in [-0.2, -0.15) is 0 Å². The van der Waals surface area contributed by atoms with Gasteiger partial charge in [0.1, 0.15) is 5.75 Å². The van der Waals surface area contributed by atoms with Crippen molar-refractivity contribution in [1.82, 2.24) is 0 Å². The molecule has 0 unspecified atom stereocenters. The maximum atomic E-state index is 12.5. The lowest BCUT2D eigenvalue weighted by atomic mass is 10.1. The molecule has 0 aliphatic carbocycles. The minimum atomic E-state index is -4.80. The Hall–Kier alpha value is -2.21. The van der Waals surface area contributed by atoms with Crippen molar-refractivity contribution in [2.24, 2.45) is 10.7 Å². The van der Waals surface area contributed by atoms with Gasteiger partial charge in [0, 0.05) is 25.7 Å². The SMILES string of the molecule is COCCCOc1cc(C)ccc1CN=C(N)Nc1ccccc1OC(F)(F)F.I. The number of anilines is 1. The fraction of sp³-hybridized carbons (Fsp3) is 0.350. The predicted molar refractivity (Wildman–Crippen MR) is 121 cm³/mol. The van der Waals surface area contributed by atoms with Crippen LogP contribution in [-0.2, 0) is 11.3 Å². The number of rotatable bonds is 9. The number of guanidine groups is 1. The van der Waals surface area contributed by atoms with E-state index in [4.69, 9.17) is 15.2 Å². The number of halogens is 4. The Balaban J connectivity index is 0.00000450. The Morgan fingerprint density at radius 3 is 2.53 bits per heavy atom. The van der Waals surface area contributed by atoms with Crippen LogP contribution >= 0.6 is 24.0 Å². The summed E-state index contributed by atoms with van der Waals surface area (Å²) in [4.78, 5) is 4.20. The highest BCUT2D eigenvalue weighted by molar-refractivity contribution is 14.0. The van der Waals surface area contributed by atoms with E-state index in [1.54, 1.807) is 13.2 Å². The molecule has 0 atom stereocenters. The number of methoxy groups -OCH3 is 1. The van der Waals surface area contributed by atoms with E-state index in [0.717, 1.165) is 17.5 Å².